The number of esters is 1. The molecule has 1 heterocycles. The molecule has 152 valence electrons. The Morgan fingerprint density at radius 1 is 1.41 bits per heavy atom. The number of hydrogen-bond donors (Lipinski definition) is 2. The second kappa shape index (κ2) is 10.1. The van der Waals surface area contributed by atoms with Crippen molar-refractivity contribution in [2.75, 3.05) is 11.9 Å². The number of phenolic OH excluding ortho intramolecular Hbond substituents is 1. The maximum Gasteiger partial charge on any atom is 0.341 e. The molecule has 2 N–H and O–H groups in total. The van der Waals surface area contributed by atoms with Gasteiger partial charge >= 0.3 is 5.97 Å². The zero-order valence-electron chi connectivity index (χ0n) is 16.0. The van der Waals surface area contributed by atoms with Crippen LogP contribution in [0.3, 0.4) is 0 Å². The number of nitrogens with zero attached hydrogens (tertiary/aromatic N) is 1. The van der Waals surface area contributed by atoms with Gasteiger partial charge in [-0.2, -0.15) is 5.26 Å². The lowest BCUT2D eigenvalue weighted by Crippen LogP contribution is -2.17. The topological polar surface area (TPSA) is 109 Å². The van der Waals surface area contributed by atoms with Crippen molar-refractivity contribution in [2.24, 2.45) is 0 Å². The average molecular weight is 479 g/mol. The van der Waals surface area contributed by atoms with Crippen LogP contribution >= 0.6 is 27.3 Å². The minimum Gasteiger partial charge on any atom is -0.503 e. The van der Waals surface area contributed by atoms with Gasteiger partial charge in [-0.05, 0) is 71.9 Å². The van der Waals surface area contributed by atoms with E-state index in [1.54, 1.807) is 38.3 Å². The van der Waals surface area contributed by atoms with Crippen molar-refractivity contribution in [3.8, 4) is 17.6 Å². The third-order valence-electron chi connectivity index (χ3n) is 3.48. The van der Waals surface area contributed by atoms with Crippen LogP contribution in [0, 0.1) is 11.3 Å². The summed E-state index contributed by atoms with van der Waals surface area (Å²) >= 11 is 4.37. The predicted molar refractivity (Wildman–Crippen MR) is 114 cm³/mol. The Bertz CT molecular complexity index is 991. The Morgan fingerprint density at radius 3 is 2.76 bits per heavy atom. The standard InChI is InChI=1S/C20H19BrN2O5S/c1-4-27-16-9-12(8-15(21)17(16)24)7-13(10-22)18(25)23-19-14(5-6-29-19)20(26)28-11(2)3/h5-9,11,24H,4H2,1-3H3,(H,23,25). The number of anilines is 1. The number of ether oxygens (including phenoxy) is 2. The molecule has 9 heteroatoms. The molecule has 0 unspecified atom stereocenters. The molecule has 2 aromatic rings. The molecule has 29 heavy (non-hydrogen) atoms. The van der Waals surface area contributed by atoms with Gasteiger partial charge in [-0.15, -0.1) is 11.3 Å². The summed E-state index contributed by atoms with van der Waals surface area (Å²) in [5.41, 5.74) is 0.525. The molecular formula is C20H19BrN2O5S. The molecule has 1 amide bonds. The van der Waals surface area contributed by atoms with E-state index in [1.165, 1.54) is 12.1 Å². The molecule has 0 aliphatic carbocycles. The van der Waals surface area contributed by atoms with Crippen LogP contribution in [0.15, 0.2) is 33.6 Å². The summed E-state index contributed by atoms with van der Waals surface area (Å²) in [7, 11) is 0. The first-order chi connectivity index (χ1) is 13.8. The Kier molecular flexibility index (Phi) is 7.82. The van der Waals surface area contributed by atoms with E-state index < -0.39 is 11.9 Å². The van der Waals surface area contributed by atoms with Crippen molar-refractivity contribution < 1.29 is 24.2 Å². The highest BCUT2D eigenvalue weighted by atomic mass is 79.9. The number of hydrogen-bond acceptors (Lipinski definition) is 7. The molecule has 0 fully saturated rings. The number of carbonyl (C=O) groups excluding carboxylic acids is 2. The predicted octanol–water partition coefficient (Wildman–Crippen LogP) is 4.73. The third kappa shape index (κ3) is 5.82. The van der Waals surface area contributed by atoms with Gasteiger partial charge < -0.3 is 19.9 Å². The Hall–Kier alpha value is -2.83. The fourth-order valence-electron chi connectivity index (χ4n) is 2.27. The molecule has 2 rings (SSSR count). The number of carbonyl (C=O) groups is 2. The van der Waals surface area contributed by atoms with Crippen LogP contribution in [0.4, 0.5) is 5.00 Å². The second-order valence-corrected chi connectivity index (χ2v) is 7.79. The number of phenols is 1. The van der Waals surface area contributed by atoms with Crippen molar-refractivity contribution in [3.63, 3.8) is 0 Å². The highest BCUT2D eigenvalue weighted by Crippen LogP contribution is 2.36. The SMILES string of the molecule is CCOc1cc(C=C(C#N)C(=O)Nc2sccc2C(=O)OC(C)C)cc(Br)c1O. The number of amides is 1. The second-order valence-electron chi connectivity index (χ2n) is 6.02. The monoisotopic (exact) mass is 478 g/mol. The molecule has 1 aromatic carbocycles. The molecule has 0 aliphatic heterocycles. The van der Waals surface area contributed by atoms with Gasteiger partial charge in [0.1, 0.15) is 16.6 Å². The van der Waals surface area contributed by atoms with Crippen LogP contribution in [0.1, 0.15) is 36.7 Å². The summed E-state index contributed by atoms with van der Waals surface area (Å²) in [5, 5.41) is 23.9. The van der Waals surface area contributed by atoms with Crippen LogP contribution < -0.4 is 10.1 Å². The van der Waals surface area contributed by atoms with E-state index in [4.69, 9.17) is 9.47 Å². The first-order valence-electron chi connectivity index (χ1n) is 8.63. The van der Waals surface area contributed by atoms with E-state index in [9.17, 15) is 20.0 Å². The van der Waals surface area contributed by atoms with Crippen LogP contribution in [0.5, 0.6) is 11.5 Å². The Balaban J connectivity index is 2.28. The van der Waals surface area contributed by atoms with Crippen molar-refractivity contribution in [1.82, 2.24) is 0 Å². The van der Waals surface area contributed by atoms with Gasteiger partial charge in [-0.25, -0.2) is 4.79 Å². The van der Waals surface area contributed by atoms with Gasteiger partial charge in [0.25, 0.3) is 5.91 Å². The molecule has 1 aromatic heterocycles. The minimum absolute atomic E-state index is 0.0705. The lowest BCUT2D eigenvalue weighted by molar-refractivity contribution is -0.112. The molecule has 7 nitrogen and oxygen atoms in total. The maximum atomic E-state index is 12.6. The van der Waals surface area contributed by atoms with E-state index in [-0.39, 0.29) is 28.7 Å². The Morgan fingerprint density at radius 2 is 2.14 bits per heavy atom. The van der Waals surface area contributed by atoms with Gasteiger partial charge in [0, 0.05) is 0 Å². The number of nitrogens with one attached hydrogen (secondary N) is 1. The highest BCUT2D eigenvalue weighted by Gasteiger charge is 2.19. The van der Waals surface area contributed by atoms with E-state index in [2.05, 4.69) is 21.2 Å². The molecule has 0 atom stereocenters. The quantitative estimate of drug-likeness (QED) is 0.338. The number of aromatic hydroxyl groups is 1. The summed E-state index contributed by atoms with van der Waals surface area (Å²) in [4.78, 5) is 24.7. The first-order valence-corrected chi connectivity index (χ1v) is 10.3. The van der Waals surface area contributed by atoms with Gasteiger partial charge in [-0.3, -0.25) is 4.79 Å². The fourth-order valence-corrected chi connectivity index (χ4v) is 3.50. The summed E-state index contributed by atoms with van der Waals surface area (Å²) in [6.07, 6.45) is 1.06. The number of benzene rings is 1. The first kappa shape index (κ1) is 22.5. The van der Waals surface area contributed by atoms with E-state index >= 15 is 0 Å². The summed E-state index contributed by atoms with van der Waals surface area (Å²) < 4.78 is 10.9. The van der Waals surface area contributed by atoms with E-state index in [0.717, 1.165) is 11.3 Å². The van der Waals surface area contributed by atoms with Gasteiger partial charge in [-0.1, -0.05) is 0 Å². The van der Waals surface area contributed by atoms with Crippen molar-refractivity contribution >= 4 is 50.2 Å². The molecule has 0 saturated carbocycles. The number of halogens is 1. The summed E-state index contributed by atoms with van der Waals surface area (Å²) in [6.45, 7) is 5.57. The fraction of sp³-hybridized carbons (Fsp3) is 0.250. The highest BCUT2D eigenvalue weighted by molar-refractivity contribution is 9.10. The van der Waals surface area contributed by atoms with Crippen LogP contribution in [0.25, 0.3) is 6.08 Å². The largest absolute Gasteiger partial charge is 0.503 e. The third-order valence-corrected chi connectivity index (χ3v) is 4.92. The lowest BCUT2D eigenvalue weighted by Gasteiger charge is -2.10. The van der Waals surface area contributed by atoms with Crippen molar-refractivity contribution in [3.05, 3.63) is 44.8 Å². The van der Waals surface area contributed by atoms with Gasteiger partial charge in [0.15, 0.2) is 11.5 Å². The molecule has 0 bridgehead atoms. The van der Waals surface area contributed by atoms with Gasteiger partial charge in [0.05, 0.1) is 22.7 Å². The maximum absolute atomic E-state index is 12.6. The summed E-state index contributed by atoms with van der Waals surface area (Å²) in [5.74, 6) is -1.07. The molecule has 0 saturated heterocycles. The molecule has 0 spiro atoms. The summed E-state index contributed by atoms with van der Waals surface area (Å²) in [6, 6.07) is 6.47. The van der Waals surface area contributed by atoms with Crippen molar-refractivity contribution in [1.29, 1.82) is 5.26 Å². The lowest BCUT2D eigenvalue weighted by atomic mass is 10.1. The molecular weight excluding hydrogens is 460 g/mol. The molecule has 0 aliphatic rings. The van der Waals surface area contributed by atoms with Crippen molar-refractivity contribution in [2.45, 2.75) is 26.9 Å². The Labute approximate surface area is 180 Å². The van der Waals surface area contributed by atoms with Crippen LogP contribution in [-0.4, -0.2) is 29.7 Å². The van der Waals surface area contributed by atoms with Gasteiger partial charge in [0.2, 0.25) is 0 Å². The number of thiophene rings is 1. The number of nitriles is 1. The number of rotatable bonds is 7. The zero-order valence-corrected chi connectivity index (χ0v) is 18.4. The van der Waals surface area contributed by atoms with E-state index in [1.807, 2.05) is 6.07 Å². The van der Waals surface area contributed by atoms with E-state index in [0.29, 0.717) is 21.6 Å². The van der Waals surface area contributed by atoms with Crippen LogP contribution in [-0.2, 0) is 9.53 Å². The average Bonchev–Trinajstić information content (AvgIpc) is 3.11. The normalized spacial score (nSPS) is 11.1. The zero-order chi connectivity index (χ0) is 21.6. The smallest absolute Gasteiger partial charge is 0.341 e. The molecule has 0 radical (unpaired) electrons. The minimum atomic E-state index is -0.671. The van der Waals surface area contributed by atoms with Crippen LogP contribution in [0.2, 0.25) is 0 Å².